The topological polar surface area (TPSA) is 60.7 Å². The molecule has 0 saturated heterocycles. The first-order chi connectivity index (χ1) is 10.2. The first kappa shape index (κ1) is 15.1. The molecule has 1 heterocycles. The molecule has 1 aromatic carbocycles. The third-order valence-electron chi connectivity index (χ3n) is 2.86. The van der Waals surface area contributed by atoms with E-state index in [0.29, 0.717) is 24.8 Å². The Hall–Kier alpha value is -2.27. The van der Waals surface area contributed by atoms with Crippen molar-refractivity contribution in [1.29, 1.82) is 0 Å². The zero-order valence-corrected chi connectivity index (χ0v) is 12.2. The van der Waals surface area contributed by atoms with Gasteiger partial charge < -0.3 is 19.2 Å². The Morgan fingerprint density at radius 1 is 1.19 bits per heavy atom. The van der Waals surface area contributed by atoms with Crippen LogP contribution >= 0.6 is 0 Å². The van der Waals surface area contributed by atoms with Crippen LogP contribution in [0.15, 0.2) is 40.8 Å². The van der Waals surface area contributed by atoms with E-state index in [-0.39, 0.29) is 11.7 Å². The standard InChI is InChI=1S/C16H19NO4/c1-12-4-6-13(7-5-12)20-15-9-8-14(21-15)16(18)17-10-3-11-19-2/h4-9H,3,10-11H2,1-2H3,(H,17,18). The maximum atomic E-state index is 11.8. The van der Waals surface area contributed by atoms with Crippen LogP contribution in [0.3, 0.4) is 0 Å². The van der Waals surface area contributed by atoms with Crippen LogP contribution in [0.2, 0.25) is 0 Å². The first-order valence-corrected chi connectivity index (χ1v) is 6.80. The van der Waals surface area contributed by atoms with E-state index in [2.05, 4.69) is 5.32 Å². The summed E-state index contributed by atoms with van der Waals surface area (Å²) in [7, 11) is 1.63. The minimum atomic E-state index is -0.259. The number of carbonyl (C=O) groups is 1. The molecule has 0 unspecified atom stereocenters. The van der Waals surface area contributed by atoms with Gasteiger partial charge in [0.1, 0.15) is 5.75 Å². The smallest absolute Gasteiger partial charge is 0.290 e. The van der Waals surface area contributed by atoms with E-state index < -0.39 is 0 Å². The van der Waals surface area contributed by atoms with Crippen molar-refractivity contribution < 1.29 is 18.7 Å². The highest BCUT2D eigenvalue weighted by Crippen LogP contribution is 2.23. The van der Waals surface area contributed by atoms with Crippen LogP contribution in [-0.4, -0.2) is 26.2 Å². The SMILES string of the molecule is COCCCNC(=O)c1ccc(Oc2ccc(C)cc2)o1. The van der Waals surface area contributed by atoms with Crippen LogP contribution < -0.4 is 10.1 Å². The summed E-state index contributed by atoms with van der Waals surface area (Å²) >= 11 is 0. The van der Waals surface area contributed by atoms with Gasteiger partial charge in [-0.2, -0.15) is 0 Å². The second kappa shape index (κ2) is 7.50. The number of carbonyl (C=O) groups excluding carboxylic acids is 1. The second-order valence-corrected chi connectivity index (χ2v) is 4.64. The van der Waals surface area contributed by atoms with Crippen LogP contribution in [0.25, 0.3) is 0 Å². The van der Waals surface area contributed by atoms with Crippen molar-refractivity contribution in [2.45, 2.75) is 13.3 Å². The molecular formula is C16H19NO4. The maximum Gasteiger partial charge on any atom is 0.290 e. The lowest BCUT2D eigenvalue weighted by molar-refractivity contribution is 0.0916. The van der Waals surface area contributed by atoms with Gasteiger partial charge in [-0.3, -0.25) is 4.79 Å². The molecule has 0 atom stereocenters. The third-order valence-corrected chi connectivity index (χ3v) is 2.86. The fraction of sp³-hybridized carbons (Fsp3) is 0.312. The summed E-state index contributed by atoms with van der Waals surface area (Å²) in [5, 5.41) is 2.75. The van der Waals surface area contributed by atoms with Crippen molar-refractivity contribution in [3.05, 3.63) is 47.7 Å². The molecule has 21 heavy (non-hydrogen) atoms. The third kappa shape index (κ3) is 4.65. The van der Waals surface area contributed by atoms with E-state index in [9.17, 15) is 4.79 Å². The van der Waals surface area contributed by atoms with Crippen molar-refractivity contribution >= 4 is 5.91 Å². The molecule has 2 rings (SSSR count). The molecule has 5 heteroatoms. The number of aryl methyl sites for hydroxylation is 1. The summed E-state index contributed by atoms with van der Waals surface area (Å²) in [6.45, 7) is 3.16. The molecule has 2 aromatic rings. The molecule has 1 aromatic heterocycles. The Kier molecular flexibility index (Phi) is 5.40. The van der Waals surface area contributed by atoms with E-state index in [1.807, 2.05) is 31.2 Å². The minimum Gasteiger partial charge on any atom is -0.426 e. The van der Waals surface area contributed by atoms with Gasteiger partial charge in [-0.05, 0) is 31.5 Å². The Bertz CT molecular complexity index is 574. The van der Waals surface area contributed by atoms with Crippen LogP contribution in [0.1, 0.15) is 22.5 Å². The Balaban J connectivity index is 1.88. The molecule has 0 saturated carbocycles. The number of ether oxygens (including phenoxy) is 2. The zero-order valence-electron chi connectivity index (χ0n) is 12.2. The van der Waals surface area contributed by atoms with E-state index in [4.69, 9.17) is 13.9 Å². The summed E-state index contributed by atoms with van der Waals surface area (Å²) in [5.74, 6) is 0.933. The molecule has 5 nitrogen and oxygen atoms in total. The maximum absolute atomic E-state index is 11.8. The highest BCUT2D eigenvalue weighted by molar-refractivity contribution is 5.91. The van der Waals surface area contributed by atoms with Crippen LogP contribution in [0, 0.1) is 6.92 Å². The Morgan fingerprint density at radius 2 is 1.95 bits per heavy atom. The van der Waals surface area contributed by atoms with Gasteiger partial charge in [-0.25, -0.2) is 0 Å². The molecule has 0 bridgehead atoms. The summed E-state index contributed by atoms with van der Waals surface area (Å²) in [5.41, 5.74) is 1.15. The molecule has 0 spiro atoms. The summed E-state index contributed by atoms with van der Waals surface area (Å²) in [4.78, 5) is 11.8. The molecule has 0 aliphatic rings. The fourth-order valence-electron chi connectivity index (χ4n) is 1.73. The number of methoxy groups -OCH3 is 1. The summed E-state index contributed by atoms with van der Waals surface area (Å²) in [6.07, 6.45) is 0.760. The number of hydrogen-bond acceptors (Lipinski definition) is 4. The molecule has 1 amide bonds. The largest absolute Gasteiger partial charge is 0.426 e. The van der Waals surface area contributed by atoms with E-state index in [1.54, 1.807) is 19.2 Å². The van der Waals surface area contributed by atoms with Gasteiger partial charge in [0.15, 0.2) is 5.76 Å². The average molecular weight is 289 g/mol. The van der Waals surface area contributed by atoms with Crippen molar-refractivity contribution in [3.63, 3.8) is 0 Å². The van der Waals surface area contributed by atoms with E-state index in [1.165, 1.54) is 0 Å². The number of amides is 1. The predicted octanol–water partition coefficient (Wildman–Crippen LogP) is 3.15. The molecule has 0 fully saturated rings. The lowest BCUT2D eigenvalue weighted by Crippen LogP contribution is -2.24. The van der Waals surface area contributed by atoms with Crippen LogP contribution in [0.5, 0.6) is 11.7 Å². The second-order valence-electron chi connectivity index (χ2n) is 4.64. The Morgan fingerprint density at radius 3 is 2.67 bits per heavy atom. The van der Waals surface area contributed by atoms with E-state index in [0.717, 1.165) is 12.0 Å². The number of benzene rings is 1. The Labute approximate surface area is 123 Å². The quantitative estimate of drug-likeness (QED) is 0.795. The van der Waals surface area contributed by atoms with E-state index >= 15 is 0 Å². The zero-order chi connectivity index (χ0) is 15.1. The van der Waals surface area contributed by atoms with Crippen LogP contribution in [-0.2, 0) is 4.74 Å². The number of hydrogen-bond donors (Lipinski definition) is 1. The highest BCUT2D eigenvalue weighted by atomic mass is 16.6. The summed E-state index contributed by atoms with van der Waals surface area (Å²) in [6, 6.07) is 10.8. The number of furan rings is 1. The predicted molar refractivity (Wildman–Crippen MR) is 78.8 cm³/mol. The van der Waals surface area contributed by atoms with Crippen molar-refractivity contribution in [2.75, 3.05) is 20.3 Å². The monoisotopic (exact) mass is 289 g/mol. The van der Waals surface area contributed by atoms with Crippen molar-refractivity contribution in [2.24, 2.45) is 0 Å². The van der Waals surface area contributed by atoms with Gasteiger partial charge in [0.25, 0.3) is 11.9 Å². The van der Waals surface area contributed by atoms with Gasteiger partial charge in [0, 0.05) is 26.3 Å². The lowest BCUT2D eigenvalue weighted by Gasteiger charge is -2.03. The van der Waals surface area contributed by atoms with Crippen molar-refractivity contribution in [1.82, 2.24) is 5.32 Å². The van der Waals surface area contributed by atoms with Crippen LogP contribution in [0.4, 0.5) is 0 Å². The summed E-state index contributed by atoms with van der Waals surface area (Å²) < 4.78 is 15.8. The molecule has 0 radical (unpaired) electrons. The number of rotatable bonds is 7. The molecule has 112 valence electrons. The van der Waals surface area contributed by atoms with Gasteiger partial charge in [-0.1, -0.05) is 17.7 Å². The van der Waals surface area contributed by atoms with Gasteiger partial charge in [0.2, 0.25) is 0 Å². The normalized spacial score (nSPS) is 10.4. The van der Waals surface area contributed by atoms with Gasteiger partial charge in [0.05, 0.1) is 0 Å². The first-order valence-electron chi connectivity index (χ1n) is 6.80. The van der Waals surface area contributed by atoms with Gasteiger partial charge >= 0.3 is 0 Å². The van der Waals surface area contributed by atoms with Gasteiger partial charge in [-0.15, -0.1) is 0 Å². The van der Waals surface area contributed by atoms with Crippen molar-refractivity contribution in [3.8, 4) is 11.7 Å². The fourth-order valence-corrected chi connectivity index (χ4v) is 1.73. The molecular weight excluding hydrogens is 270 g/mol. The highest BCUT2D eigenvalue weighted by Gasteiger charge is 2.11. The molecule has 0 aliphatic heterocycles. The molecule has 0 aliphatic carbocycles. The lowest BCUT2D eigenvalue weighted by atomic mass is 10.2. The number of nitrogens with one attached hydrogen (secondary N) is 1. The minimum absolute atomic E-state index is 0.231. The molecule has 1 N–H and O–H groups in total. The average Bonchev–Trinajstić information content (AvgIpc) is 2.94.